The van der Waals surface area contributed by atoms with Crippen LogP contribution in [0.2, 0.25) is 0 Å². The second-order valence-electron chi connectivity index (χ2n) is 6.29. The van der Waals surface area contributed by atoms with Crippen LogP contribution in [0.25, 0.3) is 0 Å². The highest BCUT2D eigenvalue weighted by Crippen LogP contribution is 2.31. The average Bonchev–Trinajstić information content (AvgIpc) is 2.72. The zero-order valence-electron chi connectivity index (χ0n) is 16.3. The predicted octanol–water partition coefficient (Wildman–Crippen LogP) is 3.76. The lowest BCUT2D eigenvalue weighted by molar-refractivity contribution is -0.137. The fraction of sp³-hybridized carbons (Fsp3) is 0.286. The lowest BCUT2D eigenvalue weighted by atomic mass is 10.1. The number of alkyl halides is 3. The van der Waals surface area contributed by atoms with Gasteiger partial charge in [0.25, 0.3) is 11.8 Å². The SMILES string of the molecule is CCCCOc1ccc(C(=O)NCC(=O)N/N=C\c2ccccc2C(F)(F)F)cc1. The molecule has 0 radical (unpaired) electrons. The first kappa shape index (κ1) is 22.9. The van der Waals surface area contributed by atoms with E-state index in [1.54, 1.807) is 24.3 Å². The molecule has 0 saturated heterocycles. The first-order chi connectivity index (χ1) is 14.3. The molecule has 160 valence electrons. The molecule has 0 aliphatic carbocycles. The lowest BCUT2D eigenvalue weighted by Crippen LogP contribution is -2.34. The van der Waals surface area contributed by atoms with Gasteiger partial charge < -0.3 is 10.1 Å². The standard InChI is InChI=1S/C21H22F3N3O3/c1-2-3-12-30-17-10-8-15(9-11-17)20(29)25-14-19(28)27-26-13-16-6-4-5-7-18(16)21(22,23)24/h4-11,13H,2-3,12,14H2,1H3,(H,25,29)(H,27,28)/b26-13-. The highest BCUT2D eigenvalue weighted by molar-refractivity contribution is 5.96. The molecule has 0 atom stereocenters. The molecular formula is C21H22F3N3O3. The number of hydrogen-bond donors (Lipinski definition) is 2. The van der Waals surface area contributed by atoms with Crippen LogP contribution in [0.3, 0.4) is 0 Å². The van der Waals surface area contributed by atoms with Crippen molar-refractivity contribution < 1.29 is 27.5 Å². The Morgan fingerprint density at radius 3 is 2.47 bits per heavy atom. The van der Waals surface area contributed by atoms with Crippen LogP contribution in [0, 0.1) is 0 Å². The smallest absolute Gasteiger partial charge is 0.417 e. The minimum absolute atomic E-state index is 0.185. The van der Waals surface area contributed by atoms with Gasteiger partial charge in [0, 0.05) is 11.1 Å². The predicted molar refractivity (Wildman–Crippen MR) is 106 cm³/mol. The minimum atomic E-state index is -4.53. The van der Waals surface area contributed by atoms with Crippen LogP contribution in [-0.2, 0) is 11.0 Å². The van der Waals surface area contributed by atoms with Crippen LogP contribution in [0.15, 0.2) is 53.6 Å². The second-order valence-corrected chi connectivity index (χ2v) is 6.29. The molecule has 2 amide bonds. The molecule has 0 bridgehead atoms. The maximum atomic E-state index is 12.9. The molecule has 0 aliphatic heterocycles. The van der Waals surface area contributed by atoms with Gasteiger partial charge in [0.05, 0.1) is 24.9 Å². The largest absolute Gasteiger partial charge is 0.494 e. The summed E-state index contributed by atoms with van der Waals surface area (Å²) in [4.78, 5) is 23.8. The van der Waals surface area contributed by atoms with E-state index >= 15 is 0 Å². The summed E-state index contributed by atoms with van der Waals surface area (Å²) in [5.41, 5.74) is 1.38. The topological polar surface area (TPSA) is 79.8 Å². The summed E-state index contributed by atoms with van der Waals surface area (Å²) in [7, 11) is 0. The van der Waals surface area contributed by atoms with Crippen LogP contribution >= 0.6 is 0 Å². The van der Waals surface area contributed by atoms with Gasteiger partial charge in [-0.25, -0.2) is 5.43 Å². The van der Waals surface area contributed by atoms with E-state index in [0.29, 0.717) is 17.9 Å². The van der Waals surface area contributed by atoms with Gasteiger partial charge in [0.2, 0.25) is 0 Å². The number of ether oxygens (including phenoxy) is 1. The molecular weight excluding hydrogens is 399 g/mol. The Labute approximate surface area is 172 Å². The maximum absolute atomic E-state index is 12.9. The van der Waals surface area contributed by atoms with Gasteiger partial charge in [0.1, 0.15) is 5.75 Å². The summed E-state index contributed by atoms with van der Waals surface area (Å²) >= 11 is 0. The Balaban J connectivity index is 1.82. The molecule has 9 heteroatoms. The summed E-state index contributed by atoms with van der Waals surface area (Å²) in [5, 5.41) is 5.93. The normalized spacial score (nSPS) is 11.3. The minimum Gasteiger partial charge on any atom is -0.494 e. The van der Waals surface area contributed by atoms with E-state index in [2.05, 4.69) is 22.8 Å². The van der Waals surface area contributed by atoms with Crippen molar-refractivity contribution in [3.63, 3.8) is 0 Å². The van der Waals surface area contributed by atoms with E-state index in [9.17, 15) is 22.8 Å². The molecule has 2 aromatic carbocycles. The summed E-state index contributed by atoms with van der Waals surface area (Å²) in [6, 6.07) is 11.3. The van der Waals surface area contributed by atoms with Crippen molar-refractivity contribution in [3.8, 4) is 5.75 Å². The Bertz CT molecular complexity index is 881. The highest BCUT2D eigenvalue weighted by Gasteiger charge is 2.32. The van der Waals surface area contributed by atoms with Crippen molar-refractivity contribution in [1.82, 2.24) is 10.7 Å². The summed E-state index contributed by atoms with van der Waals surface area (Å²) in [6.45, 7) is 2.27. The van der Waals surface area contributed by atoms with Crippen molar-refractivity contribution in [2.75, 3.05) is 13.2 Å². The van der Waals surface area contributed by atoms with Crippen molar-refractivity contribution >= 4 is 18.0 Å². The number of carbonyl (C=O) groups is 2. The monoisotopic (exact) mass is 421 g/mol. The highest BCUT2D eigenvalue weighted by atomic mass is 19.4. The van der Waals surface area contributed by atoms with Crippen LogP contribution in [0.1, 0.15) is 41.3 Å². The van der Waals surface area contributed by atoms with Crippen molar-refractivity contribution in [2.24, 2.45) is 5.10 Å². The Hall–Kier alpha value is -3.36. The number of nitrogens with zero attached hydrogens (tertiary/aromatic N) is 1. The molecule has 2 rings (SSSR count). The molecule has 2 aromatic rings. The molecule has 2 N–H and O–H groups in total. The molecule has 0 unspecified atom stereocenters. The van der Waals surface area contributed by atoms with Gasteiger partial charge in [-0.05, 0) is 36.8 Å². The number of hydrogen-bond acceptors (Lipinski definition) is 4. The second kappa shape index (κ2) is 11.0. The quantitative estimate of drug-likeness (QED) is 0.368. The molecule has 0 aromatic heterocycles. The molecule has 0 spiro atoms. The summed E-state index contributed by atoms with van der Waals surface area (Å²) in [6.07, 6.45) is -1.68. The molecule has 6 nitrogen and oxygen atoms in total. The lowest BCUT2D eigenvalue weighted by Gasteiger charge is -2.09. The van der Waals surface area contributed by atoms with Crippen molar-refractivity contribution in [2.45, 2.75) is 25.9 Å². The van der Waals surface area contributed by atoms with E-state index in [4.69, 9.17) is 4.74 Å². The number of benzene rings is 2. The van der Waals surface area contributed by atoms with E-state index in [0.717, 1.165) is 25.1 Å². The van der Waals surface area contributed by atoms with Crippen molar-refractivity contribution in [3.05, 3.63) is 65.2 Å². The van der Waals surface area contributed by atoms with Crippen LogP contribution < -0.4 is 15.5 Å². The Kier molecular flexibility index (Phi) is 8.40. The first-order valence-electron chi connectivity index (χ1n) is 9.30. The fourth-order valence-electron chi connectivity index (χ4n) is 2.38. The Morgan fingerprint density at radius 1 is 1.10 bits per heavy atom. The number of amides is 2. The van der Waals surface area contributed by atoms with E-state index in [-0.39, 0.29) is 12.1 Å². The molecule has 0 heterocycles. The van der Waals surface area contributed by atoms with Gasteiger partial charge in [0.15, 0.2) is 0 Å². The number of halogens is 3. The van der Waals surface area contributed by atoms with Gasteiger partial charge >= 0.3 is 6.18 Å². The molecule has 30 heavy (non-hydrogen) atoms. The number of hydrazone groups is 1. The zero-order chi connectivity index (χ0) is 22.0. The van der Waals surface area contributed by atoms with E-state index < -0.39 is 23.6 Å². The number of carbonyl (C=O) groups excluding carboxylic acids is 2. The number of nitrogens with one attached hydrogen (secondary N) is 2. The molecule has 0 saturated carbocycles. The van der Waals surface area contributed by atoms with Gasteiger partial charge in [-0.15, -0.1) is 0 Å². The van der Waals surface area contributed by atoms with Crippen LogP contribution in [0.5, 0.6) is 5.75 Å². The summed E-state index contributed by atoms with van der Waals surface area (Å²) < 4.78 is 44.2. The number of unbranched alkanes of at least 4 members (excludes halogenated alkanes) is 1. The van der Waals surface area contributed by atoms with E-state index in [1.807, 2.05) is 0 Å². The fourth-order valence-corrected chi connectivity index (χ4v) is 2.38. The van der Waals surface area contributed by atoms with Gasteiger partial charge in [-0.2, -0.15) is 18.3 Å². The first-order valence-corrected chi connectivity index (χ1v) is 9.30. The summed E-state index contributed by atoms with van der Waals surface area (Å²) in [5.74, 6) is -0.508. The van der Waals surface area contributed by atoms with Gasteiger partial charge in [-0.3, -0.25) is 9.59 Å². The third-order valence-electron chi connectivity index (χ3n) is 3.95. The third-order valence-corrected chi connectivity index (χ3v) is 3.95. The molecule has 0 fully saturated rings. The van der Waals surface area contributed by atoms with Crippen LogP contribution in [0.4, 0.5) is 13.2 Å². The van der Waals surface area contributed by atoms with Gasteiger partial charge in [-0.1, -0.05) is 31.5 Å². The average molecular weight is 421 g/mol. The zero-order valence-corrected chi connectivity index (χ0v) is 16.3. The Morgan fingerprint density at radius 2 is 1.80 bits per heavy atom. The third kappa shape index (κ3) is 7.23. The molecule has 0 aliphatic rings. The van der Waals surface area contributed by atoms with Crippen molar-refractivity contribution in [1.29, 1.82) is 0 Å². The van der Waals surface area contributed by atoms with E-state index in [1.165, 1.54) is 18.2 Å². The van der Waals surface area contributed by atoms with Crippen LogP contribution in [-0.4, -0.2) is 31.2 Å². The maximum Gasteiger partial charge on any atom is 0.417 e. The number of rotatable bonds is 9.